The monoisotopic (exact) mass is 310 g/mol. The van der Waals surface area contributed by atoms with Crippen molar-refractivity contribution in [1.82, 2.24) is 10.3 Å². The molecular weight excluding hydrogens is 297 g/mol. The van der Waals surface area contributed by atoms with E-state index in [0.717, 1.165) is 23.9 Å². The number of nitrogens with one attached hydrogen (secondary N) is 1. The summed E-state index contributed by atoms with van der Waals surface area (Å²) >= 11 is 0. The number of aromatic nitrogens is 1. The first kappa shape index (κ1) is 16.0. The number of carbonyl (C=O) groups is 1. The van der Waals surface area contributed by atoms with Gasteiger partial charge in [0.2, 0.25) is 0 Å². The molecule has 0 bridgehead atoms. The van der Waals surface area contributed by atoms with Gasteiger partial charge >= 0.3 is 6.18 Å². The lowest BCUT2D eigenvalue weighted by molar-refractivity contribution is -0.141. The van der Waals surface area contributed by atoms with E-state index in [1.165, 1.54) is 0 Å². The maximum absolute atomic E-state index is 12.4. The Morgan fingerprint density at radius 1 is 1.14 bits per heavy atom. The van der Waals surface area contributed by atoms with Gasteiger partial charge in [-0.05, 0) is 23.3 Å². The fourth-order valence-electron chi connectivity index (χ4n) is 1.86. The summed E-state index contributed by atoms with van der Waals surface area (Å²) in [6.07, 6.45) is -3.65. The SMILES string of the molecule is O=C(NCc1ccccc1CO)c1ccc(C(F)(F)F)nc1. The number of nitrogens with zero attached hydrogens (tertiary/aromatic N) is 1. The molecule has 0 atom stereocenters. The molecule has 1 heterocycles. The fourth-order valence-corrected chi connectivity index (χ4v) is 1.86. The van der Waals surface area contributed by atoms with E-state index in [-0.39, 0.29) is 18.7 Å². The highest BCUT2D eigenvalue weighted by Gasteiger charge is 2.32. The van der Waals surface area contributed by atoms with E-state index in [1.807, 2.05) is 0 Å². The van der Waals surface area contributed by atoms with Gasteiger partial charge in [-0.25, -0.2) is 0 Å². The first-order valence-electron chi connectivity index (χ1n) is 6.41. The Morgan fingerprint density at radius 2 is 1.82 bits per heavy atom. The lowest BCUT2D eigenvalue weighted by Gasteiger charge is -2.09. The number of rotatable bonds is 4. The summed E-state index contributed by atoms with van der Waals surface area (Å²) in [5.41, 5.74) is 0.399. The van der Waals surface area contributed by atoms with E-state index < -0.39 is 17.8 Å². The van der Waals surface area contributed by atoms with Gasteiger partial charge in [-0.1, -0.05) is 24.3 Å². The molecule has 2 rings (SSSR count). The third kappa shape index (κ3) is 3.82. The second-order valence-electron chi connectivity index (χ2n) is 4.54. The number of aliphatic hydroxyl groups is 1. The summed E-state index contributed by atoms with van der Waals surface area (Å²) in [7, 11) is 0. The van der Waals surface area contributed by atoms with Crippen LogP contribution in [0, 0.1) is 0 Å². The summed E-state index contributed by atoms with van der Waals surface area (Å²) < 4.78 is 37.2. The number of halogens is 3. The van der Waals surface area contributed by atoms with Crippen molar-refractivity contribution in [2.75, 3.05) is 0 Å². The van der Waals surface area contributed by atoms with Crippen LogP contribution in [0.5, 0.6) is 0 Å². The Morgan fingerprint density at radius 3 is 2.36 bits per heavy atom. The minimum atomic E-state index is -4.53. The van der Waals surface area contributed by atoms with Crippen molar-refractivity contribution in [3.8, 4) is 0 Å². The van der Waals surface area contributed by atoms with E-state index >= 15 is 0 Å². The van der Waals surface area contributed by atoms with Gasteiger partial charge in [-0.15, -0.1) is 0 Å². The number of amides is 1. The number of benzene rings is 1. The van der Waals surface area contributed by atoms with Gasteiger partial charge in [0.05, 0.1) is 12.2 Å². The lowest BCUT2D eigenvalue weighted by atomic mass is 10.1. The number of hydrogen-bond acceptors (Lipinski definition) is 3. The number of aliphatic hydroxyl groups excluding tert-OH is 1. The molecule has 7 heteroatoms. The Balaban J connectivity index is 2.03. The first-order valence-corrected chi connectivity index (χ1v) is 6.41. The van der Waals surface area contributed by atoms with Gasteiger partial charge in [0.15, 0.2) is 0 Å². The molecule has 0 radical (unpaired) electrons. The maximum Gasteiger partial charge on any atom is 0.433 e. The van der Waals surface area contributed by atoms with Crippen molar-refractivity contribution in [3.63, 3.8) is 0 Å². The summed E-state index contributed by atoms with van der Waals surface area (Å²) in [4.78, 5) is 15.1. The summed E-state index contributed by atoms with van der Waals surface area (Å²) in [5.74, 6) is -0.533. The van der Waals surface area contributed by atoms with Gasteiger partial charge < -0.3 is 10.4 Å². The van der Waals surface area contributed by atoms with Crippen LogP contribution in [-0.4, -0.2) is 16.0 Å². The second-order valence-corrected chi connectivity index (χ2v) is 4.54. The normalized spacial score (nSPS) is 11.3. The smallest absolute Gasteiger partial charge is 0.392 e. The number of alkyl halides is 3. The van der Waals surface area contributed by atoms with Crippen LogP contribution in [0.2, 0.25) is 0 Å². The van der Waals surface area contributed by atoms with Crippen molar-refractivity contribution >= 4 is 5.91 Å². The molecule has 0 saturated carbocycles. The Labute approximate surface area is 124 Å². The Kier molecular flexibility index (Phi) is 4.77. The van der Waals surface area contributed by atoms with E-state index in [4.69, 9.17) is 0 Å². The summed E-state index contributed by atoms with van der Waals surface area (Å²) in [6, 6.07) is 8.83. The molecule has 2 aromatic rings. The number of hydrogen-bond donors (Lipinski definition) is 2. The molecule has 0 aliphatic rings. The van der Waals surface area contributed by atoms with Crippen molar-refractivity contribution in [1.29, 1.82) is 0 Å². The highest BCUT2D eigenvalue weighted by atomic mass is 19.4. The lowest BCUT2D eigenvalue weighted by Crippen LogP contribution is -2.24. The molecule has 0 saturated heterocycles. The highest BCUT2D eigenvalue weighted by molar-refractivity contribution is 5.93. The van der Waals surface area contributed by atoms with Crippen LogP contribution >= 0.6 is 0 Å². The van der Waals surface area contributed by atoms with Gasteiger partial charge in [-0.2, -0.15) is 13.2 Å². The van der Waals surface area contributed by atoms with Crippen LogP contribution in [0.3, 0.4) is 0 Å². The minimum Gasteiger partial charge on any atom is -0.392 e. The molecule has 0 fully saturated rings. The van der Waals surface area contributed by atoms with E-state index in [0.29, 0.717) is 5.56 Å². The van der Waals surface area contributed by atoms with Crippen molar-refractivity contribution in [3.05, 3.63) is 65.0 Å². The zero-order valence-corrected chi connectivity index (χ0v) is 11.4. The van der Waals surface area contributed by atoms with Gasteiger partial charge in [0.1, 0.15) is 5.69 Å². The van der Waals surface area contributed by atoms with Crippen LogP contribution in [0.15, 0.2) is 42.6 Å². The van der Waals surface area contributed by atoms with E-state index in [9.17, 15) is 23.1 Å². The molecule has 4 nitrogen and oxygen atoms in total. The molecular formula is C15H13F3N2O2. The second kappa shape index (κ2) is 6.57. The van der Waals surface area contributed by atoms with Gasteiger partial charge in [-0.3, -0.25) is 9.78 Å². The topological polar surface area (TPSA) is 62.2 Å². The zero-order chi connectivity index (χ0) is 16.2. The minimum absolute atomic E-state index is 0.0366. The molecule has 1 aromatic heterocycles. The van der Waals surface area contributed by atoms with Crippen molar-refractivity contribution in [2.24, 2.45) is 0 Å². The molecule has 22 heavy (non-hydrogen) atoms. The predicted molar refractivity (Wildman–Crippen MR) is 72.8 cm³/mol. The highest BCUT2D eigenvalue weighted by Crippen LogP contribution is 2.27. The van der Waals surface area contributed by atoms with Gasteiger partial charge in [0.25, 0.3) is 5.91 Å². The third-order valence-electron chi connectivity index (χ3n) is 3.04. The van der Waals surface area contributed by atoms with Crippen LogP contribution in [0.1, 0.15) is 27.2 Å². The zero-order valence-electron chi connectivity index (χ0n) is 11.4. The average molecular weight is 310 g/mol. The predicted octanol–water partition coefficient (Wildman–Crippen LogP) is 2.52. The van der Waals surface area contributed by atoms with E-state index in [2.05, 4.69) is 10.3 Å². The van der Waals surface area contributed by atoms with Crippen LogP contribution in [0.25, 0.3) is 0 Å². The molecule has 0 aliphatic heterocycles. The van der Waals surface area contributed by atoms with Gasteiger partial charge in [0, 0.05) is 12.7 Å². The third-order valence-corrected chi connectivity index (χ3v) is 3.04. The first-order chi connectivity index (χ1) is 10.4. The van der Waals surface area contributed by atoms with Crippen LogP contribution in [-0.2, 0) is 19.3 Å². The Hall–Kier alpha value is -2.41. The standard InChI is InChI=1S/C15H13F3N2O2/c16-15(17,18)13-6-5-11(8-19-13)14(22)20-7-10-3-1-2-4-12(10)9-21/h1-6,8,21H,7,9H2,(H,20,22). The molecule has 116 valence electrons. The molecule has 0 unspecified atom stereocenters. The summed E-state index contributed by atoms with van der Waals surface area (Å²) in [5, 5.41) is 11.8. The molecule has 1 amide bonds. The van der Waals surface area contributed by atoms with E-state index in [1.54, 1.807) is 24.3 Å². The fraction of sp³-hybridized carbons (Fsp3) is 0.200. The molecule has 0 spiro atoms. The molecule has 1 aromatic carbocycles. The quantitative estimate of drug-likeness (QED) is 0.912. The van der Waals surface area contributed by atoms with Crippen molar-refractivity contribution in [2.45, 2.75) is 19.3 Å². The van der Waals surface area contributed by atoms with Crippen molar-refractivity contribution < 1.29 is 23.1 Å². The number of carbonyl (C=O) groups excluding carboxylic acids is 1. The van der Waals surface area contributed by atoms with Crippen LogP contribution in [0.4, 0.5) is 13.2 Å². The number of pyridine rings is 1. The molecule has 2 N–H and O–H groups in total. The maximum atomic E-state index is 12.4. The molecule has 0 aliphatic carbocycles. The van der Waals surface area contributed by atoms with Crippen LogP contribution < -0.4 is 5.32 Å². The largest absolute Gasteiger partial charge is 0.433 e. The summed E-state index contributed by atoms with van der Waals surface area (Å²) in [6.45, 7) is 0.00443. The Bertz CT molecular complexity index is 655. The average Bonchev–Trinajstić information content (AvgIpc) is 2.52.